The van der Waals surface area contributed by atoms with Crippen molar-refractivity contribution in [3.05, 3.63) is 0 Å². The molecular formula is C13H16Cl3NO7S. The predicted molar refractivity (Wildman–Crippen MR) is 92.0 cm³/mol. The standard InChI is InChI=1S/C13H16Cl3NO7S/c1-5(18)21-8-4-25-11(24-12(17)13(14,15)16)10(23-7(3)20)9(8)22-6(2)19/h8-11,17H,4H2,1-3H3/t8-,9+,10-,11?/m0/s1. The summed E-state index contributed by atoms with van der Waals surface area (Å²) in [5.41, 5.74) is -1.01. The summed E-state index contributed by atoms with van der Waals surface area (Å²) in [5.74, 6) is -2.52. The molecule has 1 unspecified atom stereocenters. The van der Waals surface area contributed by atoms with E-state index in [1.807, 2.05) is 0 Å². The highest BCUT2D eigenvalue weighted by Crippen LogP contribution is 2.36. The molecule has 0 aromatic heterocycles. The van der Waals surface area contributed by atoms with Crippen LogP contribution in [0, 0.1) is 5.41 Å². The fraction of sp³-hybridized carbons (Fsp3) is 0.692. The number of ether oxygens (including phenoxy) is 4. The largest absolute Gasteiger partial charge is 0.459 e. The Hall–Kier alpha value is -0.900. The van der Waals surface area contributed by atoms with E-state index in [1.165, 1.54) is 6.92 Å². The second-order valence-corrected chi connectivity index (χ2v) is 8.35. The van der Waals surface area contributed by atoms with E-state index in [9.17, 15) is 14.4 Å². The van der Waals surface area contributed by atoms with Gasteiger partial charge in [-0.05, 0) is 0 Å². The summed E-state index contributed by atoms with van der Waals surface area (Å²) in [4.78, 5) is 34.1. The van der Waals surface area contributed by atoms with E-state index < -0.39 is 51.3 Å². The lowest BCUT2D eigenvalue weighted by Gasteiger charge is -2.40. The molecule has 0 radical (unpaired) electrons. The van der Waals surface area contributed by atoms with E-state index in [-0.39, 0.29) is 5.75 Å². The van der Waals surface area contributed by atoms with Gasteiger partial charge in [-0.25, -0.2) is 0 Å². The molecule has 0 spiro atoms. The maximum absolute atomic E-state index is 11.4. The van der Waals surface area contributed by atoms with Gasteiger partial charge in [0.15, 0.2) is 23.7 Å². The number of carbonyl (C=O) groups excluding carboxylic acids is 3. The zero-order valence-corrected chi connectivity index (χ0v) is 16.5. The number of rotatable bonds is 4. The average Bonchev–Trinajstić information content (AvgIpc) is 2.42. The maximum atomic E-state index is 11.4. The zero-order chi connectivity index (χ0) is 19.4. The minimum atomic E-state index is -2.12. The molecule has 1 aliphatic heterocycles. The van der Waals surface area contributed by atoms with Crippen molar-refractivity contribution in [2.24, 2.45) is 0 Å². The van der Waals surface area contributed by atoms with Crippen LogP contribution in [0.25, 0.3) is 0 Å². The summed E-state index contributed by atoms with van der Waals surface area (Å²) in [5, 5.41) is 7.65. The summed E-state index contributed by atoms with van der Waals surface area (Å²) < 4.78 is 18.6. The predicted octanol–water partition coefficient (Wildman–Crippen LogP) is 2.22. The van der Waals surface area contributed by atoms with Gasteiger partial charge in [0.2, 0.25) is 5.90 Å². The lowest BCUT2D eigenvalue weighted by Crippen LogP contribution is -2.55. The fourth-order valence-corrected chi connectivity index (χ4v) is 3.33. The van der Waals surface area contributed by atoms with E-state index in [4.69, 9.17) is 59.2 Å². The Bertz CT molecular complexity index is 554. The van der Waals surface area contributed by atoms with Crippen LogP contribution in [-0.4, -0.2) is 57.1 Å². The van der Waals surface area contributed by atoms with Crippen LogP contribution < -0.4 is 0 Å². The van der Waals surface area contributed by atoms with Gasteiger partial charge >= 0.3 is 17.9 Å². The molecule has 0 saturated carbocycles. The zero-order valence-electron chi connectivity index (χ0n) is 13.4. The highest BCUT2D eigenvalue weighted by Gasteiger charge is 2.49. The minimum Gasteiger partial charge on any atom is -0.459 e. The lowest BCUT2D eigenvalue weighted by atomic mass is 10.1. The molecule has 1 N–H and O–H groups in total. The van der Waals surface area contributed by atoms with Crippen molar-refractivity contribution < 1.29 is 33.3 Å². The molecule has 12 heteroatoms. The Kier molecular flexibility index (Phi) is 8.11. The molecule has 1 heterocycles. The Morgan fingerprint density at radius 3 is 1.84 bits per heavy atom. The first-order valence-electron chi connectivity index (χ1n) is 6.87. The summed E-state index contributed by atoms with van der Waals surface area (Å²) in [6.45, 7) is 3.48. The smallest absolute Gasteiger partial charge is 0.303 e. The van der Waals surface area contributed by atoms with Crippen LogP contribution in [-0.2, 0) is 33.3 Å². The number of thioether (sulfide) groups is 1. The van der Waals surface area contributed by atoms with Gasteiger partial charge < -0.3 is 18.9 Å². The normalized spacial score (nSPS) is 26.3. The number of esters is 3. The summed E-state index contributed by atoms with van der Waals surface area (Å²) in [6.07, 6.45) is -3.20. The highest BCUT2D eigenvalue weighted by molar-refractivity contribution is 7.99. The summed E-state index contributed by atoms with van der Waals surface area (Å²) >= 11 is 17.8. The first-order chi connectivity index (χ1) is 11.4. The highest BCUT2D eigenvalue weighted by atomic mass is 35.6. The van der Waals surface area contributed by atoms with Crippen LogP contribution in [0.15, 0.2) is 0 Å². The third-order valence-electron chi connectivity index (χ3n) is 2.80. The molecular weight excluding hydrogens is 421 g/mol. The molecule has 1 saturated heterocycles. The first kappa shape index (κ1) is 22.1. The molecule has 0 amide bonds. The number of alkyl halides is 3. The SMILES string of the molecule is CC(=O)O[C@@H]1[C@@H](OC(C)=O)CSC(OC(=N)C(Cl)(Cl)Cl)[C@H]1OC(C)=O. The van der Waals surface area contributed by atoms with E-state index in [1.54, 1.807) is 0 Å². The van der Waals surface area contributed by atoms with Crippen molar-refractivity contribution in [3.63, 3.8) is 0 Å². The molecule has 1 aliphatic rings. The topological polar surface area (TPSA) is 112 Å². The van der Waals surface area contributed by atoms with Gasteiger partial charge in [-0.1, -0.05) is 34.8 Å². The molecule has 25 heavy (non-hydrogen) atoms. The summed E-state index contributed by atoms with van der Waals surface area (Å²) in [7, 11) is 0. The monoisotopic (exact) mass is 435 g/mol. The molecule has 142 valence electrons. The van der Waals surface area contributed by atoms with Gasteiger partial charge in [0.25, 0.3) is 3.79 Å². The molecule has 1 rings (SSSR count). The van der Waals surface area contributed by atoms with E-state index >= 15 is 0 Å². The lowest BCUT2D eigenvalue weighted by molar-refractivity contribution is -0.187. The Morgan fingerprint density at radius 1 is 0.920 bits per heavy atom. The van der Waals surface area contributed by atoms with Crippen LogP contribution in [0.2, 0.25) is 0 Å². The number of hydrogen-bond donors (Lipinski definition) is 1. The summed E-state index contributed by atoms with van der Waals surface area (Å²) in [6, 6.07) is 0. The molecule has 0 aromatic carbocycles. The fourth-order valence-electron chi connectivity index (χ4n) is 1.99. The molecule has 4 atom stereocenters. The van der Waals surface area contributed by atoms with Crippen LogP contribution in [0.1, 0.15) is 20.8 Å². The van der Waals surface area contributed by atoms with Crippen LogP contribution in [0.4, 0.5) is 0 Å². The van der Waals surface area contributed by atoms with Gasteiger partial charge in [-0.2, -0.15) is 0 Å². The Morgan fingerprint density at radius 2 is 1.40 bits per heavy atom. The molecule has 0 aliphatic carbocycles. The maximum Gasteiger partial charge on any atom is 0.303 e. The number of halogens is 3. The first-order valence-corrected chi connectivity index (χ1v) is 9.05. The van der Waals surface area contributed by atoms with Crippen LogP contribution in [0.5, 0.6) is 0 Å². The minimum absolute atomic E-state index is 0.146. The number of hydrogen-bond acceptors (Lipinski definition) is 9. The average molecular weight is 437 g/mol. The molecule has 0 aromatic rings. The molecule has 1 fully saturated rings. The van der Waals surface area contributed by atoms with Crippen LogP contribution in [0.3, 0.4) is 0 Å². The van der Waals surface area contributed by atoms with Crippen molar-refractivity contribution in [2.45, 2.75) is 48.3 Å². The second kappa shape index (κ2) is 9.16. The van der Waals surface area contributed by atoms with E-state index in [2.05, 4.69) is 0 Å². The van der Waals surface area contributed by atoms with Crippen molar-refractivity contribution in [2.75, 3.05) is 5.75 Å². The third kappa shape index (κ3) is 7.08. The second-order valence-electron chi connectivity index (χ2n) is 4.94. The number of nitrogens with one attached hydrogen (secondary N) is 1. The number of carbonyl (C=O) groups is 3. The molecule has 0 bridgehead atoms. The van der Waals surface area contributed by atoms with Crippen LogP contribution >= 0.6 is 46.6 Å². The van der Waals surface area contributed by atoms with Gasteiger partial charge in [0.1, 0.15) is 0 Å². The van der Waals surface area contributed by atoms with E-state index in [0.29, 0.717) is 0 Å². The van der Waals surface area contributed by atoms with Crippen molar-refractivity contribution in [3.8, 4) is 0 Å². The third-order valence-corrected chi connectivity index (χ3v) is 4.53. The van der Waals surface area contributed by atoms with Crippen molar-refractivity contribution >= 4 is 70.4 Å². The van der Waals surface area contributed by atoms with Gasteiger partial charge in [0.05, 0.1) is 0 Å². The van der Waals surface area contributed by atoms with Gasteiger partial charge in [0, 0.05) is 26.5 Å². The Labute approximate surface area is 163 Å². The van der Waals surface area contributed by atoms with E-state index in [0.717, 1.165) is 25.6 Å². The van der Waals surface area contributed by atoms with Crippen molar-refractivity contribution in [1.29, 1.82) is 5.41 Å². The van der Waals surface area contributed by atoms with Gasteiger partial charge in [-0.15, -0.1) is 11.8 Å². The quantitative estimate of drug-likeness (QED) is 0.235. The van der Waals surface area contributed by atoms with Gasteiger partial charge in [-0.3, -0.25) is 19.8 Å². The van der Waals surface area contributed by atoms with Crippen molar-refractivity contribution in [1.82, 2.24) is 0 Å². The molecule has 8 nitrogen and oxygen atoms in total. The Balaban J connectivity index is 3.09.